The zero-order valence-corrected chi connectivity index (χ0v) is 39.7. The van der Waals surface area contributed by atoms with Crippen LogP contribution in [0.3, 0.4) is 0 Å². The van der Waals surface area contributed by atoms with Gasteiger partial charge < -0.3 is 24.3 Å². The lowest BCUT2D eigenvalue weighted by atomic mass is 9.98. The summed E-state index contributed by atoms with van der Waals surface area (Å²) in [7, 11) is 0. The van der Waals surface area contributed by atoms with Crippen LogP contribution in [0.1, 0.15) is 260 Å². The summed E-state index contributed by atoms with van der Waals surface area (Å²) in [6, 6.07) is -1.04. The molecule has 10 heteroatoms. The van der Waals surface area contributed by atoms with Gasteiger partial charge in [0, 0.05) is 27.7 Å². The summed E-state index contributed by atoms with van der Waals surface area (Å²) in [5, 5.41) is 2.84. The molecule has 0 bridgehead atoms. The molecule has 60 heavy (non-hydrogen) atoms. The fraction of sp³-hybridized carbons (Fsp3) is 0.900. The number of carbonyl (C=O) groups excluding carboxylic acids is 5. The summed E-state index contributed by atoms with van der Waals surface area (Å²) in [5.41, 5.74) is 0. The molecular formula is C50H93NO9. The van der Waals surface area contributed by atoms with Gasteiger partial charge >= 0.3 is 23.9 Å². The topological polar surface area (TPSA) is 134 Å². The average Bonchev–Trinajstić information content (AvgIpc) is 3.19. The molecule has 0 saturated heterocycles. The van der Waals surface area contributed by atoms with Crippen molar-refractivity contribution in [2.45, 2.75) is 284 Å². The van der Waals surface area contributed by atoms with Crippen molar-refractivity contribution in [3.63, 3.8) is 0 Å². The molecule has 0 aliphatic heterocycles. The second kappa shape index (κ2) is 41.7. The summed E-state index contributed by atoms with van der Waals surface area (Å²) < 4.78 is 22.2. The van der Waals surface area contributed by atoms with Gasteiger partial charge in [0.05, 0.1) is 0 Å². The Morgan fingerprint density at radius 1 is 0.383 bits per heavy atom. The van der Waals surface area contributed by atoms with Gasteiger partial charge in [0.25, 0.3) is 5.91 Å². The Hall–Kier alpha value is -2.65. The third-order valence-electron chi connectivity index (χ3n) is 11.4. The third-order valence-corrected chi connectivity index (χ3v) is 11.4. The number of esters is 4. The van der Waals surface area contributed by atoms with E-state index in [-0.39, 0.29) is 6.61 Å². The van der Waals surface area contributed by atoms with Crippen LogP contribution in [0.2, 0.25) is 0 Å². The third kappa shape index (κ3) is 37.1. The van der Waals surface area contributed by atoms with Gasteiger partial charge in [-0.15, -0.1) is 0 Å². The number of rotatable bonds is 43. The molecule has 0 rings (SSSR count). The fourth-order valence-corrected chi connectivity index (χ4v) is 8.03. The van der Waals surface area contributed by atoms with Gasteiger partial charge in [0.15, 0.2) is 12.2 Å². The Bertz CT molecular complexity index is 1070. The number of nitrogens with one attached hydrogen (secondary N) is 1. The largest absolute Gasteiger partial charge is 0.464 e. The SMILES string of the molecule is CCCCCCCCCCCCCCCCCC[C@@H](OC(C)=O)C(=O)N[C@@H](COC(C)=O)[C@H](OC(C)=O)[C@@H](CCCCCCCCCCCCCCCCCC)OC(C)=O. The molecule has 10 nitrogen and oxygen atoms in total. The Kier molecular flexibility index (Phi) is 39.8. The maximum atomic E-state index is 13.7. The lowest BCUT2D eigenvalue weighted by Gasteiger charge is -2.33. The Balaban J connectivity index is 4.99. The lowest BCUT2D eigenvalue weighted by molar-refractivity contribution is -0.172. The normalized spacial score (nSPS) is 13.2. The molecule has 0 unspecified atom stereocenters. The number of amides is 1. The lowest BCUT2D eigenvalue weighted by Crippen LogP contribution is -2.56. The van der Waals surface area contributed by atoms with E-state index in [0.717, 1.165) is 44.9 Å². The van der Waals surface area contributed by atoms with Gasteiger partial charge in [-0.05, 0) is 25.7 Å². The second-order valence-electron chi connectivity index (χ2n) is 17.4. The molecule has 352 valence electrons. The zero-order chi connectivity index (χ0) is 44.5. The van der Waals surface area contributed by atoms with Gasteiger partial charge in [-0.3, -0.25) is 24.0 Å². The minimum atomic E-state index is -1.13. The van der Waals surface area contributed by atoms with Crippen molar-refractivity contribution < 1.29 is 42.9 Å². The minimum Gasteiger partial charge on any atom is -0.464 e. The molecule has 0 aromatic carbocycles. The first-order chi connectivity index (χ1) is 29.0. The van der Waals surface area contributed by atoms with Crippen LogP contribution < -0.4 is 5.32 Å². The Morgan fingerprint density at radius 2 is 0.700 bits per heavy atom. The predicted octanol–water partition coefficient (Wildman–Crippen LogP) is 13.1. The molecule has 0 aromatic heterocycles. The van der Waals surface area contributed by atoms with Crippen LogP contribution in [0, 0.1) is 0 Å². The first-order valence-corrected chi connectivity index (χ1v) is 25.0. The number of unbranched alkanes of at least 4 members (excludes halogenated alkanes) is 30. The molecule has 0 spiro atoms. The highest BCUT2D eigenvalue weighted by Crippen LogP contribution is 2.21. The van der Waals surface area contributed by atoms with Crippen molar-refractivity contribution in [1.82, 2.24) is 5.32 Å². The van der Waals surface area contributed by atoms with Gasteiger partial charge in [-0.25, -0.2) is 0 Å². The van der Waals surface area contributed by atoms with Crippen LogP contribution in [0.25, 0.3) is 0 Å². The van der Waals surface area contributed by atoms with Crippen LogP contribution in [0.5, 0.6) is 0 Å². The summed E-state index contributed by atoms with van der Waals surface area (Å²) >= 11 is 0. The van der Waals surface area contributed by atoms with Gasteiger partial charge in [-0.2, -0.15) is 0 Å². The molecule has 0 fully saturated rings. The highest BCUT2D eigenvalue weighted by molar-refractivity contribution is 5.83. The average molecular weight is 852 g/mol. The summed E-state index contributed by atoms with van der Waals surface area (Å²) in [6.45, 7) is 9.25. The Morgan fingerprint density at radius 3 is 1.02 bits per heavy atom. The number of carbonyl (C=O) groups is 5. The predicted molar refractivity (Wildman–Crippen MR) is 244 cm³/mol. The van der Waals surface area contributed by atoms with E-state index >= 15 is 0 Å². The number of hydrogen-bond acceptors (Lipinski definition) is 9. The minimum absolute atomic E-state index is 0.318. The van der Waals surface area contributed by atoms with E-state index < -0.39 is 54.1 Å². The summed E-state index contributed by atoms with van der Waals surface area (Å²) in [4.78, 5) is 62.4. The molecular weight excluding hydrogens is 759 g/mol. The van der Waals surface area contributed by atoms with Crippen LogP contribution in [0.4, 0.5) is 0 Å². The van der Waals surface area contributed by atoms with Crippen LogP contribution in [-0.2, 0) is 42.9 Å². The summed E-state index contributed by atoms with van der Waals surface area (Å²) in [5.74, 6) is -2.92. The van der Waals surface area contributed by atoms with E-state index in [0.29, 0.717) is 19.3 Å². The van der Waals surface area contributed by atoms with E-state index in [1.54, 1.807) is 0 Å². The molecule has 0 aliphatic rings. The van der Waals surface area contributed by atoms with E-state index in [9.17, 15) is 24.0 Å². The molecule has 0 heterocycles. The van der Waals surface area contributed by atoms with Crippen molar-refractivity contribution in [3.05, 3.63) is 0 Å². The van der Waals surface area contributed by atoms with Crippen LogP contribution in [0.15, 0.2) is 0 Å². The summed E-state index contributed by atoms with van der Waals surface area (Å²) in [6.07, 6.45) is 37.0. The molecule has 0 aromatic rings. The van der Waals surface area contributed by atoms with Crippen molar-refractivity contribution in [3.8, 4) is 0 Å². The monoisotopic (exact) mass is 852 g/mol. The van der Waals surface area contributed by atoms with Gasteiger partial charge in [0.2, 0.25) is 0 Å². The first kappa shape index (κ1) is 57.3. The molecule has 0 aliphatic carbocycles. The second-order valence-corrected chi connectivity index (χ2v) is 17.4. The van der Waals surface area contributed by atoms with Crippen LogP contribution >= 0.6 is 0 Å². The first-order valence-electron chi connectivity index (χ1n) is 25.0. The smallest absolute Gasteiger partial charge is 0.303 e. The number of hydrogen-bond donors (Lipinski definition) is 1. The van der Waals surface area contributed by atoms with E-state index in [1.807, 2.05) is 0 Å². The fourth-order valence-electron chi connectivity index (χ4n) is 8.03. The molecule has 1 amide bonds. The van der Waals surface area contributed by atoms with Gasteiger partial charge in [0.1, 0.15) is 18.8 Å². The molecule has 1 N–H and O–H groups in total. The highest BCUT2D eigenvalue weighted by Gasteiger charge is 2.38. The standard InChI is InChI=1S/C50H93NO9/c1-7-9-11-13-15-17-19-21-23-25-27-29-31-33-35-37-39-47(58-43(4)53)49(60-45(6)55)46(41-57-42(3)52)51-50(56)48(59-44(5)54)40-38-36-34-32-30-28-26-24-22-20-18-16-14-12-10-8-2/h46-49H,7-41H2,1-6H3,(H,51,56)/t46-,47+,48+,49-/m0/s1. The molecule has 0 saturated carbocycles. The maximum Gasteiger partial charge on any atom is 0.303 e. The van der Waals surface area contributed by atoms with Crippen molar-refractivity contribution in [1.29, 1.82) is 0 Å². The van der Waals surface area contributed by atoms with E-state index in [2.05, 4.69) is 19.2 Å². The number of ether oxygens (including phenoxy) is 4. The maximum absolute atomic E-state index is 13.7. The highest BCUT2D eigenvalue weighted by atomic mass is 16.6. The van der Waals surface area contributed by atoms with Gasteiger partial charge in [-0.1, -0.05) is 206 Å². The Labute approximate surface area is 367 Å². The van der Waals surface area contributed by atoms with Crippen molar-refractivity contribution >= 4 is 29.8 Å². The molecule has 0 radical (unpaired) electrons. The van der Waals surface area contributed by atoms with Crippen molar-refractivity contribution in [2.24, 2.45) is 0 Å². The molecule has 4 atom stereocenters. The zero-order valence-electron chi connectivity index (χ0n) is 39.7. The van der Waals surface area contributed by atoms with E-state index in [1.165, 1.54) is 182 Å². The van der Waals surface area contributed by atoms with E-state index in [4.69, 9.17) is 18.9 Å². The van der Waals surface area contributed by atoms with Crippen molar-refractivity contribution in [2.75, 3.05) is 6.61 Å². The van der Waals surface area contributed by atoms with Crippen LogP contribution in [-0.4, -0.2) is 60.7 Å². The quantitative estimate of drug-likeness (QED) is 0.0361.